The van der Waals surface area contributed by atoms with E-state index in [-0.39, 0.29) is 11.3 Å². The topological polar surface area (TPSA) is 71.3 Å². The Labute approximate surface area is 149 Å². The number of nitrogens with one attached hydrogen (secondary N) is 1. The predicted molar refractivity (Wildman–Crippen MR) is 93.2 cm³/mol. The minimum absolute atomic E-state index is 0.0768. The van der Waals surface area contributed by atoms with Crippen molar-refractivity contribution in [2.45, 2.75) is 0 Å². The molecule has 2 aromatic carbocycles. The number of amides is 1. The van der Waals surface area contributed by atoms with Crippen molar-refractivity contribution in [1.82, 2.24) is 0 Å². The molecule has 2 aromatic rings. The van der Waals surface area contributed by atoms with Gasteiger partial charge in [0.15, 0.2) is 11.6 Å². The van der Waals surface area contributed by atoms with Crippen LogP contribution in [-0.2, 0) is 4.79 Å². The monoisotopic (exact) mass is 360 g/mol. The molecule has 0 saturated heterocycles. The molecule has 0 radical (unpaired) electrons. The van der Waals surface area contributed by atoms with Crippen molar-refractivity contribution in [2.24, 2.45) is 0 Å². The van der Waals surface area contributed by atoms with Crippen molar-refractivity contribution < 1.29 is 18.7 Å². The number of carbonyl (C=O) groups excluding carboxylic acids is 1. The maximum absolute atomic E-state index is 13.7. The zero-order chi connectivity index (χ0) is 18.4. The van der Waals surface area contributed by atoms with Crippen LogP contribution in [0.4, 0.5) is 10.1 Å². The molecule has 0 fully saturated rings. The highest BCUT2D eigenvalue weighted by Gasteiger charge is 2.12. The van der Waals surface area contributed by atoms with E-state index in [1.165, 1.54) is 44.6 Å². The van der Waals surface area contributed by atoms with Crippen molar-refractivity contribution in [3.05, 3.63) is 58.4 Å². The first-order chi connectivity index (χ1) is 12.0. The number of hydrogen-bond acceptors (Lipinski definition) is 4. The van der Waals surface area contributed by atoms with Crippen molar-refractivity contribution in [1.29, 1.82) is 5.26 Å². The number of halogens is 2. The normalized spacial score (nSPS) is 10.8. The molecule has 0 atom stereocenters. The van der Waals surface area contributed by atoms with Gasteiger partial charge in [0.1, 0.15) is 17.4 Å². The second-order valence-corrected chi connectivity index (χ2v) is 5.27. The van der Waals surface area contributed by atoms with E-state index in [1.807, 2.05) is 0 Å². The van der Waals surface area contributed by atoms with Gasteiger partial charge in [0, 0.05) is 5.69 Å². The maximum Gasteiger partial charge on any atom is 0.266 e. The first-order valence-corrected chi connectivity index (χ1v) is 7.46. The molecule has 0 bridgehead atoms. The van der Waals surface area contributed by atoms with Gasteiger partial charge in [0.05, 0.1) is 19.2 Å². The molecule has 2 rings (SSSR count). The molecule has 0 aromatic heterocycles. The second-order valence-electron chi connectivity index (χ2n) is 4.87. The van der Waals surface area contributed by atoms with Gasteiger partial charge in [-0.25, -0.2) is 4.39 Å². The van der Waals surface area contributed by atoms with E-state index in [1.54, 1.807) is 18.2 Å². The molecule has 1 N–H and O–H groups in total. The Balaban J connectivity index is 2.22. The lowest BCUT2D eigenvalue weighted by molar-refractivity contribution is -0.112. The van der Waals surface area contributed by atoms with Crippen LogP contribution in [0.1, 0.15) is 5.56 Å². The summed E-state index contributed by atoms with van der Waals surface area (Å²) < 4.78 is 23.6. The summed E-state index contributed by atoms with van der Waals surface area (Å²) in [6.45, 7) is 0. The highest BCUT2D eigenvalue weighted by molar-refractivity contribution is 6.32. The van der Waals surface area contributed by atoms with Gasteiger partial charge in [0.2, 0.25) is 0 Å². The van der Waals surface area contributed by atoms with Crippen LogP contribution in [0.2, 0.25) is 5.02 Å². The fraction of sp³-hybridized carbons (Fsp3) is 0.111. The Hall–Kier alpha value is -3.04. The number of methoxy groups -OCH3 is 2. The van der Waals surface area contributed by atoms with Gasteiger partial charge in [0.25, 0.3) is 5.91 Å². The lowest BCUT2D eigenvalue weighted by Crippen LogP contribution is -2.13. The van der Waals surface area contributed by atoms with Gasteiger partial charge < -0.3 is 14.8 Å². The molecule has 0 spiro atoms. The van der Waals surface area contributed by atoms with E-state index in [9.17, 15) is 14.4 Å². The van der Waals surface area contributed by atoms with Crippen LogP contribution in [0, 0.1) is 17.1 Å². The second kappa shape index (κ2) is 8.18. The molecule has 128 valence electrons. The maximum atomic E-state index is 13.7. The lowest BCUT2D eigenvalue weighted by Gasteiger charge is -2.08. The van der Waals surface area contributed by atoms with Crippen molar-refractivity contribution in [2.75, 3.05) is 19.5 Å². The summed E-state index contributed by atoms with van der Waals surface area (Å²) in [7, 11) is 2.83. The zero-order valence-electron chi connectivity index (χ0n) is 13.5. The molecule has 0 saturated carbocycles. The predicted octanol–water partition coefficient (Wildman–Crippen LogP) is 4.04. The lowest BCUT2D eigenvalue weighted by atomic mass is 10.1. The van der Waals surface area contributed by atoms with Crippen molar-refractivity contribution >= 4 is 29.3 Å². The Kier molecular flexibility index (Phi) is 5.98. The molecule has 5 nitrogen and oxygen atoms in total. The summed E-state index contributed by atoms with van der Waals surface area (Å²) >= 11 is 5.99. The van der Waals surface area contributed by atoms with Crippen LogP contribution in [-0.4, -0.2) is 20.1 Å². The highest BCUT2D eigenvalue weighted by atomic mass is 35.5. The van der Waals surface area contributed by atoms with Crippen LogP contribution in [0.15, 0.2) is 42.0 Å². The summed E-state index contributed by atoms with van der Waals surface area (Å²) in [6, 6.07) is 10.6. The van der Waals surface area contributed by atoms with E-state index >= 15 is 0 Å². The Morgan fingerprint density at radius 1 is 1.20 bits per heavy atom. The summed E-state index contributed by atoms with van der Waals surface area (Å²) in [5, 5.41) is 12.1. The number of nitriles is 1. The van der Waals surface area contributed by atoms with Gasteiger partial charge >= 0.3 is 0 Å². The molecular formula is C18H14ClFN2O3. The first-order valence-electron chi connectivity index (χ1n) is 7.08. The fourth-order valence-electron chi connectivity index (χ4n) is 2.03. The smallest absolute Gasteiger partial charge is 0.266 e. The number of rotatable bonds is 5. The van der Waals surface area contributed by atoms with Gasteiger partial charge in [-0.15, -0.1) is 0 Å². The van der Waals surface area contributed by atoms with E-state index < -0.39 is 11.7 Å². The summed E-state index contributed by atoms with van der Waals surface area (Å²) in [6.07, 6.45) is 1.28. The number of carbonyl (C=O) groups is 1. The van der Waals surface area contributed by atoms with E-state index in [0.717, 1.165) is 0 Å². The highest BCUT2D eigenvalue weighted by Crippen LogP contribution is 2.27. The molecule has 7 heteroatoms. The molecule has 0 aliphatic rings. The third-order valence-corrected chi connectivity index (χ3v) is 3.56. The third-order valence-electron chi connectivity index (χ3n) is 3.26. The number of anilines is 1. The fourth-order valence-corrected chi connectivity index (χ4v) is 2.29. The van der Waals surface area contributed by atoms with Crippen LogP contribution < -0.4 is 14.8 Å². The number of benzene rings is 2. The summed E-state index contributed by atoms with van der Waals surface area (Å²) in [5.74, 6) is -0.687. The Bertz CT molecular complexity index is 875. The number of hydrogen-bond donors (Lipinski definition) is 1. The molecule has 0 aliphatic heterocycles. The van der Waals surface area contributed by atoms with E-state index in [0.29, 0.717) is 22.0 Å². The SMILES string of the molecule is COc1ccc(/C=C(\C#N)C(=O)Nc2ccc(OC)c(Cl)c2)cc1F. The molecule has 0 heterocycles. The third kappa shape index (κ3) is 4.49. The molecule has 1 amide bonds. The number of nitrogens with zero attached hydrogens (tertiary/aromatic N) is 1. The van der Waals surface area contributed by atoms with Crippen LogP contribution >= 0.6 is 11.6 Å². The standard InChI is InChI=1S/C18H14ClFN2O3/c1-24-16-6-4-13(9-14(16)19)22-18(23)12(10-21)7-11-3-5-17(25-2)15(20)8-11/h3-9H,1-2H3,(H,22,23)/b12-7+. The van der Waals surface area contributed by atoms with Crippen LogP contribution in [0.3, 0.4) is 0 Å². The Morgan fingerprint density at radius 2 is 1.88 bits per heavy atom. The first kappa shape index (κ1) is 18.3. The molecular weight excluding hydrogens is 347 g/mol. The zero-order valence-corrected chi connectivity index (χ0v) is 14.2. The molecule has 0 aliphatic carbocycles. The van der Waals surface area contributed by atoms with E-state index in [2.05, 4.69) is 5.32 Å². The Morgan fingerprint density at radius 3 is 2.44 bits per heavy atom. The van der Waals surface area contributed by atoms with E-state index in [4.69, 9.17) is 21.1 Å². The van der Waals surface area contributed by atoms with Crippen molar-refractivity contribution in [3.8, 4) is 17.6 Å². The summed E-state index contributed by atoms with van der Waals surface area (Å²) in [4.78, 5) is 12.2. The quantitative estimate of drug-likeness (QED) is 0.645. The summed E-state index contributed by atoms with van der Waals surface area (Å²) in [5.41, 5.74) is 0.576. The minimum atomic E-state index is -0.639. The van der Waals surface area contributed by atoms with Gasteiger partial charge in [-0.05, 0) is 42.0 Å². The minimum Gasteiger partial charge on any atom is -0.495 e. The van der Waals surface area contributed by atoms with Crippen molar-refractivity contribution in [3.63, 3.8) is 0 Å². The number of ether oxygens (including phenoxy) is 2. The van der Waals surface area contributed by atoms with Crippen LogP contribution in [0.5, 0.6) is 11.5 Å². The average molecular weight is 361 g/mol. The van der Waals surface area contributed by atoms with Gasteiger partial charge in [-0.1, -0.05) is 17.7 Å². The largest absolute Gasteiger partial charge is 0.495 e. The van der Waals surface area contributed by atoms with Gasteiger partial charge in [-0.3, -0.25) is 4.79 Å². The van der Waals surface area contributed by atoms with Gasteiger partial charge in [-0.2, -0.15) is 5.26 Å². The average Bonchev–Trinajstić information content (AvgIpc) is 2.60. The molecule has 25 heavy (non-hydrogen) atoms. The van der Waals surface area contributed by atoms with Crippen LogP contribution in [0.25, 0.3) is 6.08 Å². The molecule has 0 unspecified atom stereocenters.